The smallest absolute Gasteiger partial charge is 0.316 e. The molecule has 11 heteroatoms. The normalized spacial score (nSPS) is 16.0. The van der Waals surface area contributed by atoms with Crippen molar-refractivity contribution in [2.75, 3.05) is 13.1 Å². The summed E-state index contributed by atoms with van der Waals surface area (Å²) in [4.78, 5) is 10.5. The quantitative estimate of drug-likeness (QED) is 0.296. The molecule has 6 rings (SSSR count). The van der Waals surface area contributed by atoms with Crippen molar-refractivity contribution in [2.24, 2.45) is 0 Å². The number of pyridine rings is 1. The van der Waals surface area contributed by atoms with E-state index in [0.717, 1.165) is 16.1 Å². The number of imidazole rings is 1. The number of aromatic nitrogens is 4. The number of rotatable bonds is 5. The summed E-state index contributed by atoms with van der Waals surface area (Å²) in [6.07, 6.45) is -1.09. The van der Waals surface area contributed by atoms with Crippen LogP contribution in [0.25, 0.3) is 22.1 Å². The van der Waals surface area contributed by atoms with Gasteiger partial charge in [-0.1, -0.05) is 48.5 Å². The summed E-state index contributed by atoms with van der Waals surface area (Å²) in [6, 6.07) is 18.9. The molecular formula is C27H24F3N5O2S. The van der Waals surface area contributed by atoms with Gasteiger partial charge in [-0.05, 0) is 36.6 Å². The summed E-state index contributed by atoms with van der Waals surface area (Å²) in [6.45, 7) is 2.00. The SMILES string of the molecule is O=S(=O)(c1ccccc1)n1ccc2c1ncc1nc(C(F)(F)F)n(C3CCN(Cc4ccccc4)CC3)c12. The van der Waals surface area contributed by atoms with Crippen LogP contribution in [0, 0.1) is 0 Å². The first-order chi connectivity index (χ1) is 18.2. The Labute approximate surface area is 217 Å². The lowest BCUT2D eigenvalue weighted by atomic mass is 10.0. The molecule has 0 atom stereocenters. The number of alkyl halides is 3. The van der Waals surface area contributed by atoms with E-state index in [1.54, 1.807) is 18.2 Å². The monoisotopic (exact) mass is 539 g/mol. The molecule has 1 aliphatic heterocycles. The number of nitrogens with zero attached hydrogens (tertiary/aromatic N) is 5. The summed E-state index contributed by atoms with van der Waals surface area (Å²) >= 11 is 0. The molecule has 1 aliphatic rings. The Bertz CT molecular complexity index is 1710. The van der Waals surface area contributed by atoms with Crippen LogP contribution < -0.4 is 0 Å². The summed E-state index contributed by atoms with van der Waals surface area (Å²) in [7, 11) is -3.99. The highest BCUT2D eigenvalue weighted by atomic mass is 32.2. The van der Waals surface area contributed by atoms with Crippen LogP contribution in [0.15, 0.2) is 84.0 Å². The van der Waals surface area contributed by atoms with Crippen LogP contribution in [0.2, 0.25) is 0 Å². The molecular weight excluding hydrogens is 515 g/mol. The minimum absolute atomic E-state index is 0.0645. The van der Waals surface area contributed by atoms with Crippen LogP contribution in [0.4, 0.5) is 13.2 Å². The van der Waals surface area contributed by atoms with Gasteiger partial charge in [-0.15, -0.1) is 0 Å². The van der Waals surface area contributed by atoms with Gasteiger partial charge >= 0.3 is 6.18 Å². The molecule has 0 bridgehead atoms. The summed E-state index contributed by atoms with van der Waals surface area (Å²) in [5, 5.41) is 0.316. The van der Waals surface area contributed by atoms with Crippen molar-refractivity contribution in [3.05, 3.63) is 90.5 Å². The van der Waals surface area contributed by atoms with Gasteiger partial charge in [0.1, 0.15) is 5.52 Å². The van der Waals surface area contributed by atoms with Crippen LogP contribution >= 0.6 is 0 Å². The number of fused-ring (bicyclic) bond motifs is 3. The number of piperidine rings is 1. The highest BCUT2D eigenvalue weighted by Crippen LogP contribution is 2.39. The van der Waals surface area contributed by atoms with Gasteiger partial charge < -0.3 is 4.57 Å². The van der Waals surface area contributed by atoms with Gasteiger partial charge in [-0.25, -0.2) is 22.4 Å². The lowest BCUT2D eigenvalue weighted by molar-refractivity contribution is -0.147. The Morgan fingerprint density at radius 3 is 2.24 bits per heavy atom. The van der Waals surface area contributed by atoms with E-state index in [1.165, 1.54) is 35.2 Å². The fraction of sp³-hybridized carbons (Fsp3) is 0.259. The van der Waals surface area contributed by atoms with Crippen LogP contribution in [-0.4, -0.2) is 44.9 Å². The van der Waals surface area contributed by atoms with Gasteiger partial charge in [0.2, 0.25) is 5.82 Å². The summed E-state index contributed by atoms with van der Waals surface area (Å²) in [5.74, 6) is -0.984. The molecule has 5 aromatic rings. The largest absolute Gasteiger partial charge is 0.449 e. The first-order valence-electron chi connectivity index (χ1n) is 12.3. The second-order valence-electron chi connectivity index (χ2n) is 9.46. The lowest BCUT2D eigenvalue weighted by Gasteiger charge is -2.33. The van der Waals surface area contributed by atoms with Crippen LogP contribution in [0.3, 0.4) is 0 Å². The molecule has 3 aromatic heterocycles. The Morgan fingerprint density at radius 2 is 1.58 bits per heavy atom. The van der Waals surface area contributed by atoms with Gasteiger partial charge in [0.25, 0.3) is 10.0 Å². The van der Waals surface area contributed by atoms with Crippen LogP contribution in [0.5, 0.6) is 0 Å². The van der Waals surface area contributed by atoms with E-state index in [2.05, 4.69) is 14.9 Å². The number of hydrogen-bond acceptors (Lipinski definition) is 5. The molecule has 2 aromatic carbocycles. The predicted molar refractivity (Wildman–Crippen MR) is 137 cm³/mol. The molecule has 0 unspecified atom stereocenters. The Balaban J connectivity index is 1.42. The molecule has 7 nitrogen and oxygen atoms in total. The lowest BCUT2D eigenvalue weighted by Crippen LogP contribution is -2.35. The number of likely N-dealkylation sites (tertiary alicyclic amines) is 1. The maximum atomic E-state index is 14.2. The summed E-state index contributed by atoms with van der Waals surface area (Å²) < 4.78 is 71.5. The number of halogens is 3. The van der Waals surface area contributed by atoms with E-state index in [4.69, 9.17) is 0 Å². The van der Waals surface area contributed by atoms with E-state index >= 15 is 0 Å². The van der Waals surface area contributed by atoms with E-state index in [9.17, 15) is 21.6 Å². The third-order valence-corrected chi connectivity index (χ3v) is 8.73. The van der Waals surface area contributed by atoms with Gasteiger partial charge in [0, 0.05) is 37.3 Å². The highest BCUT2D eigenvalue weighted by Gasteiger charge is 2.40. The fourth-order valence-electron chi connectivity index (χ4n) is 5.28. The zero-order valence-electron chi connectivity index (χ0n) is 20.2. The molecule has 4 heterocycles. The van der Waals surface area contributed by atoms with E-state index in [1.807, 2.05) is 30.3 Å². The minimum Gasteiger partial charge on any atom is -0.316 e. The topological polar surface area (TPSA) is 73.0 Å². The third-order valence-electron chi connectivity index (χ3n) is 7.05. The fourth-order valence-corrected chi connectivity index (χ4v) is 6.60. The second kappa shape index (κ2) is 9.25. The van der Waals surface area contributed by atoms with Gasteiger partial charge in [0.15, 0.2) is 5.65 Å². The Hall–Kier alpha value is -3.70. The van der Waals surface area contributed by atoms with Crippen molar-refractivity contribution in [1.29, 1.82) is 0 Å². The average Bonchev–Trinajstić information content (AvgIpc) is 3.53. The van der Waals surface area contributed by atoms with Gasteiger partial charge in [-0.3, -0.25) is 4.90 Å². The van der Waals surface area contributed by atoms with Crippen molar-refractivity contribution in [2.45, 2.75) is 36.5 Å². The first kappa shape index (κ1) is 24.6. The molecule has 1 saturated heterocycles. The van der Waals surface area contributed by atoms with E-state index in [0.29, 0.717) is 31.3 Å². The maximum absolute atomic E-state index is 14.2. The zero-order valence-corrected chi connectivity index (χ0v) is 21.0. The molecule has 0 spiro atoms. The van der Waals surface area contributed by atoms with Gasteiger partial charge in [-0.2, -0.15) is 13.2 Å². The zero-order chi connectivity index (χ0) is 26.5. The molecule has 0 saturated carbocycles. The van der Waals surface area contributed by atoms with E-state index in [-0.39, 0.29) is 21.6 Å². The van der Waals surface area contributed by atoms with Crippen LogP contribution in [-0.2, 0) is 22.7 Å². The van der Waals surface area contributed by atoms with Crippen molar-refractivity contribution >= 4 is 32.1 Å². The van der Waals surface area contributed by atoms with Crippen molar-refractivity contribution < 1.29 is 21.6 Å². The third kappa shape index (κ3) is 4.25. The van der Waals surface area contributed by atoms with Crippen LogP contribution in [0.1, 0.15) is 30.3 Å². The molecule has 0 amide bonds. The average molecular weight is 540 g/mol. The van der Waals surface area contributed by atoms with Crippen molar-refractivity contribution in [1.82, 2.24) is 23.4 Å². The molecule has 196 valence electrons. The van der Waals surface area contributed by atoms with Crippen molar-refractivity contribution in [3.63, 3.8) is 0 Å². The highest BCUT2D eigenvalue weighted by molar-refractivity contribution is 7.90. The molecule has 0 N–H and O–H groups in total. The molecule has 0 radical (unpaired) electrons. The maximum Gasteiger partial charge on any atom is 0.449 e. The second-order valence-corrected chi connectivity index (χ2v) is 11.3. The summed E-state index contributed by atoms with van der Waals surface area (Å²) in [5.41, 5.74) is 1.57. The van der Waals surface area contributed by atoms with Gasteiger partial charge in [0.05, 0.1) is 16.6 Å². The predicted octanol–water partition coefficient (Wildman–Crippen LogP) is 5.48. The Morgan fingerprint density at radius 1 is 0.921 bits per heavy atom. The minimum atomic E-state index is -4.68. The first-order valence-corrected chi connectivity index (χ1v) is 13.7. The molecule has 0 aliphatic carbocycles. The van der Waals surface area contributed by atoms with E-state index < -0.39 is 28.1 Å². The number of benzene rings is 2. The Kier molecular flexibility index (Phi) is 5.99. The van der Waals surface area contributed by atoms with Crippen molar-refractivity contribution in [3.8, 4) is 0 Å². The molecule has 38 heavy (non-hydrogen) atoms. The standard InChI is InChI=1S/C27H24F3N5O2S/c28-27(29,30)26-32-23-17-31-25-22(13-16-34(25)38(36,37)21-9-5-2-6-10-21)24(23)35(26)20-11-14-33(15-12-20)18-19-7-3-1-4-8-19/h1-10,13,16-17,20H,11-12,14-15,18H2. The molecule has 1 fully saturated rings. The number of hydrogen-bond donors (Lipinski definition) is 0.